The Morgan fingerprint density at radius 1 is 1.28 bits per heavy atom. The Morgan fingerprint density at radius 3 is 2.88 bits per heavy atom. The number of para-hydroxylation sites is 1. The van der Waals surface area contributed by atoms with Crippen molar-refractivity contribution in [3.63, 3.8) is 0 Å². The number of carbonyl (C=O) groups excluding carboxylic acids is 2. The molecule has 1 saturated heterocycles. The van der Waals surface area contributed by atoms with E-state index in [1.54, 1.807) is 54.8 Å². The fourth-order valence-electron chi connectivity index (χ4n) is 2.07. The van der Waals surface area contributed by atoms with Crippen LogP contribution < -0.4 is 5.32 Å². The summed E-state index contributed by atoms with van der Waals surface area (Å²) >= 11 is 1.20. The lowest BCUT2D eigenvalue weighted by molar-refractivity contribution is -0.115. The predicted octanol–water partition coefficient (Wildman–Crippen LogP) is 3.51. The molecule has 126 valence electrons. The molecule has 1 aromatic heterocycles. The van der Waals surface area contributed by atoms with Crippen molar-refractivity contribution >= 4 is 40.6 Å². The topological polar surface area (TPSA) is 80.9 Å². The van der Waals surface area contributed by atoms with E-state index in [9.17, 15) is 9.59 Å². The third-order valence-corrected chi connectivity index (χ3v) is 4.16. The Hall–Kier alpha value is -3.06. The highest BCUT2D eigenvalue weighted by Crippen LogP contribution is 2.28. The Bertz CT molecular complexity index is 882. The van der Waals surface area contributed by atoms with Crippen LogP contribution in [0.25, 0.3) is 6.08 Å². The molecule has 0 spiro atoms. The minimum atomic E-state index is -0.480. The zero-order valence-electron chi connectivity index (χ0n) is 13.3. The highest BCUT2D eigenvalue weighted by Gasteiger charge is 2.24. The van der Waals surface area contributed by atoms with Gasteiger partial charge in [0.05, 0.1) is 29.5 Å². The largest absolute Gasteiger partial charge is 0.465 e. The normalized spacial score (nSPS) is 17.4. The second-order valence-electron chi connectivity index (χ2n) is 4.89. The summed E-state index contributed by atoms with van der Waals surface area (Å²) < 4.78 is 9.92. The Morgan fingerprint density at radius 2 is 2.12 bits per heavy atom. The molecule has 0 radical (unpaired) electrons. The van der Waals surface area contributed by atoms with Crippen LogP contribution in [0.4, 0.5) is 5.69 Å². The lowest BCUT2D eigenvalue weighted by Gasteiger charge is -2.03. The molecule has 3 rings (SSSR count). The van der Waals surface area contributed by atoms with Crippen LogP contribution in [-0.2, 0) is 9.53 Å². The number of nitrogens with one attached hydrogen (secondary N) is 1. The molecular weight excluding hydrogens is 340 g/mol. The molecule has 25 heavy (non-hydrogen) atoms. The quantitative estimate of drug-likeness (QED) is 0.671. The monoisotopic (exact) mass is 354 g/mol. The van der Waals surface area contributed by atoms with Gasteiger partial charge in [0.2, 0.25) is 0 Å². The van der Waals surface area contributed by atoms with Gasteiger partial charge in [-0.15, -0.1) is 0 Å². The van der Waals surface area contributed by atoms with Gasteiger partial charge in [0, 0.05) is 0 Å². The SMILES string of the molecule is COC(=O)c1ccccc1N=C1NC(=O)/C(=C\C=C\c2ccco2)S1. The average Bonchev–Trinajstić information content (AvgIpc) is 3.25. The van der Waals surface area contributed by atoms with Crippen LogP contribution >= 0.6 is 11.8 Å². The van der Waals surface area contributed by atoms with Crippen molar-refractivity contribution in [2.45, 2.75) is 0 Å². The molecule has 1 aromatic carbocycles. The van der Waals surface area contributed by atoms with Gasteiger partial charge in [-0.3, -0.25) is 4.79 Å². The van der Waals surface area contributed by atoms with E-state index in [-0.39, 0.29) is 5.91 Å². The number of ether oxygens (including phenoxy) is 1. The maximum atomic E-state index is 12.0. The fourth-order valence-corrected chi connectivity index (χ4v) is 2.86. The minimum Gasteiger partial charge on any atom is -0.465 e. The molecule has 0 atom stereocenters. The fraction of sp³-hybridized carbons (Fsp3) is 0.0556. The van der Waals surface area contributed by atoms with Crippen LogP contribution in [0.1, 0.15) is 16.1 Å². The van der Waals surface area contributed by atoms with E-state index in [0.717, 1.165) is 0 Å². The van der Waals surface area contributed by atoms with E-state index in [4.69, 9.17) is 9.15 Å². The van der Waals surface area contributed by atoms with E-state index in [1.807, 2.05) is 6.07 Å². The van der Waals surface area contributed by atoms with Crippen molar-refractivity contribution in [3.8, 4) is 0 Å². The Labute approximate surface area is 148 Å². The van der Waals surface area contributed by atoms with Crippen molar-refractivity contribution in [3.05, 3.63) is 71.0 Å². The molecule has 1 aliphatic rings. The zero-order valence-corrected chi connectivity index (χ0v) is 14.1. The molecule has 2 aromatic rings. The van der Waals surface area contributed by atoms with E-state index in [2.05, 4.69) is 10.3 Å². The molecule has 1 amide bonds. The molecule has 7 heteroatoms. The van der Waals surface area contributed by atoms with E-state index in [1.165, 1.54) is 18.9 Å². The van der Waals surface area contributed by atoms with Crippen LogP contribution in [-0.4, -0.2) is 24.2 Å². The summed E-state index contributed by atoms with van der Waals surface area (Å²) in [5.74, 6) is -0.0315. The third-order valence-electron chi connectivity index (χ3n) is 3.23. The molecule has 0 saturated carbocycles. The number of aliphatic imine (C=N–C) groups is 1. The number of esters is 1. The summed E-state index contributed by atoms with van der Waals surface area (Å²) in [6.07, 6.45) is 6.74. The van der Waals surface area contributed by atoms with Crippen LogP contribution in [0.3, 0.4) is 0 Å². The Balaban J connectivity index is 1.78. The first-order chi connectivity index (χ1) is 12.2. The van der Waals surface area contributed by atoms with Gasteiger partial charge in [-0.1, -0.05) is 18.2 Å². The van der Waals surface area contributed by atoms with Crippen molar-refractivity contribution < 1.29 is 18.7 Å². The second kappa shape index (κ2) is 7.67. The number of hydrogen-bond donors (Lipinski definition) is 1. The lowest BCUT2D eigenvalue weighted by Crippen LogP contribution is -2.19. The molecule has 0 aliphatic carbocycles. The number of hydrogen-bond acceptors (Lipinski definition) is 6. The van der Waals surface area contributed by atoms with Crippen LogP contribution in [0.15, 0.2) is 69.1 Å². The smallest absolute Gasteiger partial charge is 0.340 e. The summed E-state index contributed by atoms with van der Waals surface area (Å²) in [7, 11) is 1.31. The molecule has 6 nitrogen and oxygen atoms in total. The summed E-state index contributed by atoms with van der Waals surface area (Å²) in [4.78, 5) is 28.6. The zero-order chi connectivity index (χ0) is 17.6. The molecular formula is C18H14N2O4S. The number of nitrogens with zero attached hydrogens (tertiary/aromatic N) is 1. The molecule has 0 bridgehead atoms. The standard InChI is InChI=1S/C18H14N2O4S/c1-23-17(22)13-8-2-3-9-14(13)19-18-20-16(21)15(25-18)10-4-6-12-7-5-11-24-12/h2-11H,1H3,(H,19,20,21)/b6-4+,15-10+. The number of benzene rings is 1. The number of carbonyl (C=O) groups is 2. The highest BCUT2D eigenvalue weighted by molar-refractivity contribution is 8.18. The van der Waals surface area contributed by atoms with E-state index in [0.29, 0.717) is 27.1 Å². The molecule has 2 heterocycles. The van der Waals surface area contributed by atoms with E-state index < -0.39 is 5.97 Å². The van der Waals surface area contributed by atoms with Gasteiger partial charge in [0.1, 0.15) is 5.76 Å². The third kappa shape index (κ3) is 4.07. The molecule has 1 N–H and O–H groups in total. The maximum absolute atomic E-state index is 12.0. The number of furan rings is 1. The van der Waals surface area contributed by atoms with Crippen LogP contribution in [0.5, 0.6) is 0 Å². The highest BCUT2D eigenvalue weighted by atomic mass is 32.2. The number of thioether (sulfide) groups is 1. The minimum absolute atomic E-state index is 0.247. The van der Waals surface area contributed by atoms with Crippen molar-refractivity contribution in [1.29, 1.82) is 0 Å². The van der Waals surface area contributed by atoms with Gasteiger partial charge in [-0.2, -0.15) is 0 Å². The van der Waals surface area contributed by atoms with Gasteiger partial charge in [0.25, 0.3) is 5.91 Å². The number of amides is 1. The number of allylic oxidation sites excluding steroid dienone is 2. The Kier molecular flexibility index (Phi) is 5.15. The van der Waals surface area contributed by atoms with Crippen molar-refractivity contribution in [1.82, 2.24) is 5.32 Å². The lowest BCUT2D eigenvalue weighted by atomic mass is 10.2. The first kappa shape index (κ1) is 16.8. The first-order valence-electron chi connectivity index (χ1n) is 7.34. The van der Waals surface area contributed by atoms with Gasteiger partial charge < -0.3 is 14.5 Å². The van der Waals surface area contributed by atoms with E-state index >= 15 is 0 Å². The molecule has 0 unspecified atom stereocenters. The second-order valence-corrected chi connectivity index (χ2v) is 5.92. The summed E-state index contributed by atoms with van der Waals surface area (Å²) in [5, 5.41) is 3.08. The van der Waals surface area contributed by atoms with Gasteiger partial charge in [-0.25, -0.2) is 9.79 Å². The molecule has 1 fully saturated rings. The van der Waals surface area contributed by atoms with Crippen molar-refractivity contribution in [2.24, 2.45) is 4.99 Å². The summed E-state index contributed by atoms with van der Waals surface area (Å²) in [6.45, 7) is 0. The van der Waals surface area contributed by atoms with Gasteiger partial charge >= 0.3 is 5.97 Å². The van der Waals surface area contributed by atoms with Crippen LogP contribution in [0.2, 0.25) is 0 Å². The number of amidine groups is 1. The number of rotatable bonds is 4. The number of methoxy groups -OCH3 is 1. The average molecular weight is 354 g/mol. The maximum Gasteiger partial charge on any atom is 0.340 e. The predicted molar refractivity (Wildman–Crippen MR) is 96.4 cm³/mol. The van der Waals surface area contributed by atoms with Crippen molar-refractivity contribution in [2.75, 3.05) is 7.11 Å². The summed E-state index contributed by atoms with van der Waals surface area (Å²) in [6, 6.07) is 10.4. The first-order valence-corrected chi connectivity index (χ1v) is 8.16. The molecule has 1 aliphatic heterocycles. The van der Waals surface area contributed by atoms with Crippen LogP contribution in [0, 0.1) is 0 Å². The summed E-state index contributed by atoms with van der Waals surface area (Å²) in [5.41, 5.74) is 0.770. The van der Waals surface area contributed by atoms with Gasteiger partial charge in [0.15, 0.2) is 5.17 Å². The van der Waals surface area contributed by atoms with Gasteiger partial charge in [-0.05, 0) is 48.2 Å².